The molecule has 0 radical (unpaired) electrons. The van der Waals surface area contributed by atoms with Crippen LogP contribution in [0.25, 0.3) is 0 Å². The third-order valence-electron chi connectivity index (χ3n) is 2.93. The van der Waals surface area contributed by atoms with Crippen molar-refractivity contribution < 1.29 is 28.5 Å². The second-order valence-corrected chi connectivity index (χ2v) is 4.93. The average Bonchev–Trinajstić information content (AvgIpc) is 2.53. The standard InChI is InChI=1S/C15H20ClNO6/c1-9(14(18)17-5-6-20-2)23-15(19)10-7-11(16)13(22-4)12(8-10)21-3/h7-9H,5-6H2,1-4H3,(H,17,18)/t9-/m1/s1. The van der Waals surface area contributed by atoms with E-state index in [-0.39, 0.29) is 10.6 Å². The number of ether oxygens (including phenoxy) is 4. The minimum Gasteiger partial charge on any atom is -0.493 e. The molecule has 0 aliphatic carbocycles. The van der Waals surface area contributed by atoms with Gasteiger partial charge in [-0.25, -0.2) is 4.79 Å². The Kier molecular flexibility index (Phi) is 7.64. The average molecular weight is 346 g/mol. The monoisotopic (exact) mass is 345 g/mol. The first-order valence-electron chi connectivity index (χ1n) is 6.83. The predicted molar refractivity (Wildman–Crippen MR) is 84.3 cm³/mol. The Morgan fingerprint density at radius 2 is 1.91 bits per heavy atom. The predicted octanol–water partition coefficient (Wildman–Crippen LogP) is 1.67. The van der Waals surface area contributed by atoms with E-state index in [2.05, 4.69) is 5.32 Å². The molecule has 0 spiro atoms. The third-order valence-corrected chi connectivity index (χ3v) is 3.21. The van der Waals surface area contributed by atoms with E-state index in [0.717, 1.165) is 0 Å². The molecule has 1 amide bonds. The quantitative estimate of drug-likeness (QED) is 0.570. The molecule has 0 bridgehead atoms. The Labute approximate surface area is 139 Å². The van der Waals surface area contributed by atoms with Gasteiger partial charge in [-0.2, -0.15) is 0 Å². The molecule has 0 saturated carbocycles. The topological polar surface area (TPSA) is 83.1 Å². The Morgan fingerprint density at radius 3 is 2.48 bits per heavy atom. The number of nitrogens with one attached hydrogen (secondary N) is 1. The number of methoxy groups -OCH3 is 3. The summed E-state index contributed by atoms with van der Waals surface area (Å²) in [5, 5.41) is 2.79. The first-order valence-corrected chi connectivity index (χ1v) is 7.21. The zero-order valence-electron chi connectivity index (χ0n) is 13.5. The first-order chi connectivity index (χ1) is 10.9. The van der Waals surface area contributed by atoms with E-state index in [9.17, 15) is 9.59 Å². The van der Waals surface area contributed by atoms with Crippen LogP contribution in [-0.4, -0.2) is 52.5 Å². The summed E-state index contributed by atoms with van der Waals surface area (Å²) in [6, 6.07) is 2.82. The van der Waals surface area contributed by atoms with Crippen LogP contribution in [0.5, 0.6) is 11.5 Å². The summed E-state index contributed by atoms with van der Waals surface area (Å²) in [6.07, 6.45) is -0.953. The summed E-state index contributed by atoms with van der Waals surface area (Å²) in [7, 11) is 4.39. The normalized spacial score (nSPS) is 11.5. The molecule has 7 nitrogen and oxygen atoms in total. The second-order valence-electron chi connectivity index (χ2n) is 4.52. The van der Waals surface area contributed by atoms with E-state index < -0.39 is 18.0 Å². The highest BCUT2D eigenvalue weighted by molar-refractivity contribution is 6.32. The Hall–Kier alpha value is -1.99. The summed E-state index contributed by atoms with van der Waals surface area (Å²) < 4.78 is 20.1. The lowest BCUT2D eigenvalue weighted by molar-refractivity contribution is -0.129. The van der Waals surface area contributed by atoms with E-state index in [1.165, 1.54) is 40.4 Å². The lowest BCUT2D eigenvalue weighted by atomic mass is 10.2. The van der Waals surface area contributed by atoms with Crippen molar-refractivity contribution in [2.75, 3.05) is 34.5 Å². The van der Waals surface area contributed by atoms with Gasteiger partial charge in [-0.05, 0) is 19.1 Å². The summed E-state index contributed by atoms with van der Waals surface area (Å²) in [4.78, 5) is 23.9. The molecule has 128 valence electrons. The van der Waals surface area contributed by atoms with Crippen LogP contribution in [0.1, 0.15) is 17.3 Å². The van der Waals surface area contributed by atoms with Crippen LogP contribution in [0.15, 0.2) is 12.1 Å². The Bertz CT molecular complexity index is 563. The molecular formula is C15H20ClNO6. The van der Waals surface area contributed by atoms with Crippen LogP contribution in [0, 0.1) is 0 Å². The van der Waals surface area contributed by atoms with Crippen molar-refractivity contribution in [1.82, 2.24) is 5.32 Å². The molecule has 0 fully saturated rings. The number of hydrogen-bond acceptors (Lipinski definition) is 6. The van der Waals surface area contributed by atoms with Crippen LogP contribution in [-0.2, 0) is 14.3 Å². The third kappa shape index (κ3) is 5.30. The molecule has 1 rings (SSSR count). The van der Waals surface area contributed by atoms with Crippen LogP contribution in [0.4, 0.5) is 0 Å². The molecule has 0 saturated heterocycles. The lowest BCUT2D eigenvalue weighted by Gasteiger charge is -2.15. The van der Waals surface area contributed by atoms with Gasteiger partial charge in [0.1, 0.15) is 0 Å². The lowest BCUT2D eigenvalue weighted by Crippen LogP contribution is -2.37. The number of amides is 1. The van der Waals surface area contributed by atoms with Crippen LogP contribution in [0.3, 0.4) is 0 Å². The molecule has 1 aromatic carbocycles. The van der Waals surface area contributed by atoms with Gasteiger partial charge in [0.2, 0.25) is 0 Å². The maximum absolute atomic E-state index is 12.1. The molecule has 0 aromatic heterocycles. The zero-order chi connectivity index (χ0) is 17.4. The van der Waals surface area contributed by atoms with Gasteiger partial charge in [0.05, 0.1) is 31.4 Å². The van der Waals surface area contributed by atoms with Gasteiger partial charge < -0.3 is 24.3 Å². The van der Waals surface area contributed by atoms with E-state index in [0.29, 0.717) is 24.7 Å². The van der Waals surface area contributed by atoms with Gasteiger partial charge in [0, 0.05) is 13.7 Å². The van der Waals surface area contributed by atoms with Crippen molar-refractivity contribution in [3.8, 4) is 11.5 Å². The maximum atomic E-state index is 12.1. The Morgan fingerprint density at radius 1 is 1.22 bits per heavy atom. The number of hydrogen-bond donors (Lipinski definition) is 1. The highest BCUT2D eigenvalue weighted by atomic mass is 35.5. The van der Waals surface area contributed by atoms with Crippen LogP contribution < -0.4 is 14.8 Å². The Balaban J connectivity index is 2.78. The summed E-state index contributed by atoms with van der Waals surface area (Å²) in [5.41, 5.74) is 0.157. The fourth-order valence-corrected chi connectivity index (χ4v) is 2.03. The van der Waals surface area contributed by atoms with Crippen molar-refractivity contribution >= 4 is 23.5 Å². The van der Waals surface area contributed by atoms with Gasteiger partial charge in [-0.15, -0.1) is 0 Å². The molecular weight excluding hydrogens is 326 g/mol. The van der Waals surface area contributed by atoms with Gasteiger partial charge in [0.25, 0.3) is 5.91 Å². The number of rotatable bonds is 8. The van der Waals surface area contributed by atoms with Crippen LogP contribution in [0.2, 0.25) is 5.02 Å². The number of halogens is 1. The van der Waals surface area contributed by atoms with Gasteiger partial charge in [-0.3, -0.25) is 4.79 Å². The van der Waals surface area contributed by atoms with E-state index >= 15 is 0 Å². The molecule has 0 heterocycles. The van der Waals surface area contributed by atoms with Crippen molar-refractivity contribution in [1.29, 1.82) is 0 Å². The SMILES string of the molecule is COCCNC(=O)[C@@H](C)OC(=O)c1cc(Cl)c(OC)c(OC)c1. The zero-order valence-corrected chi connectivity index (χ0v) is 14.2. The number of carbonyl (C=O) groups is 2. The maximum Gasteiger partial charge on any atom is 0.339 e. The highest BCUT2D eigenvalue weighted by Crippen LogP contribution is 2.36. The van der Waals surface area contributed by atoms with Gasteiger partial charge >= 0.3 is 5.97 Å². The molecule has 8 heteroatoms. The largest absolute Gasteiger partial charge is 0.493 e. The molecule has 23 heavy (non-hydrogen) atoms. The summed E-state index contributed by atoms with van der Waals surface area (Å²) in [6.45, 7) is 2.18. The smallest absolute Gasteiger partial charge is 0.339 e. The summed E-state index contributed by atoms with van der Waals surface area (Å²) in [5.74, 6) is -0.496. The number of esters is 1. The van der Waals surface area contributed by atoms with E-state index in [1.807, 2.05) is 0 Å². The molecule has 1 atom stereocenters. The van der Waals surface area contributed by atoms with Gasteiger partial charge in [-0.1, -0.05) is 11.6 Å². The van der Waals surface area contributed by atoms with Crippen molar-refractivity contribution in [2.24, 2.45) is 0 Å². The second kappa shape index (κ2) is 9.22. The molecule has 1 aromatic rings. The van der Waals surface area contributed by atoms with Gasteiger partial charge in [0.15, 0.2) is 17.6 Å². The minimum atomic E-state index is -0.953. The minimum absolute atomic E-state index is 0.157. The van der Waals surface area contributed by atoms with Crippen molar-refractivity contribution in [3.05, 3.63) is 22.7 Å². The molecule has 0 unspecified atom stereocenters. The first kappa shape index (κ1) is 19.1. The molecule has 0 aliphatic heterocycles. The van der Waals surface area contributed by atoms with E-state index in [1.54, 1.807) is 0 Å². The fourth-order valence-electron chi connectivity index (χ4n) is 1.74. The van der Waals surface area contributed by atoms with E-state index in [4.69, 9.17) is 30.5 Å². The summed E-state index contributed by atoms with van der Waals surface area (Å²) >= 11 is 6.04. The van der Waals surface area contributed by atoms with Crippen molar-refractivity contribution in [2.45, 2.75) is 13.0 Å². The molecule has 1 N–H and O–H groups in total. The highest BCUT2D eigenvalue weighted by Gasteiger charge is 2.21. The fraction of sp³-hybridized carbons (Fsp3) is 0.467. The van der Waals surface area contributed by atoms with Crippen molar-refractivity contribution in [3.63, 3.8) is 0 Å². The van der Waals surface area contributed by atoms with Crippen LogP contribution >= 0.6 is 11.6 Å². The molecule has 0 aliphatic rings. The number of carbonyl (C=O) groups excluding carboxylic acids is 2. The number of benzene rings is 1.